The van der Waals surface area contributed by atoms with Crippen LogP contribution in [0.15, 0.2) is 47.1 Å². The minimum Gasteiger partial charge on any atom is -0.353 e. The summed E-state index contributed by atoms with van der Waals surface area (Å²) in [4.78, 5) is 13.6. The summed E-state index contributed by atoms with van der Waals surface area (Å²) < 4.78 is 14.7. The summed E-state index contributed by atoms with van der Waals surface area (Å²) >= 11 is 9.25. The van der Waals surface area contributed by atoms with Crippen molar-refractivity contribution in [2.24, 2.45) is 0 Å². The van der Waals surface area contributed by atoms with Crippen molar-refractivity contribution in [1.82, 2.24) is 14.9 Å². The van der Waals surface area contributed by atoms with Gasteiger partial charge < -0.3 is 4.90 Å². The highest BCUT2D eigenvalue weighted by Crippen LogP contribution is 2.22. The number of fused-ring (bicyclic) bond motifs is 1. The molecule has 1 fully saturated rings. The molecular weight excluding hydrogens is 419 g/mol. The number of hydrogen-bond acceptors (Lipinski definition) is 4. The molecule has 3 aromatic rings. The molecule has 1 aliphatic heterocycles. The number of anilines is 1. The van der Waals surface area contributed by atoms with E-state index in [1.165, 1.54) is 0 Å². The van der Waals surface area contributed by atoms with Crippen LogP contribution in [-0.4, -0.2) is 41.0 Å². The quantitative estimate of drug-likeness (QED) is 0.606. The Morgan fingerprint density at radius 3 is 2.69 bits per heavy atom. The first-order chi connectivity index (χ1) is 12.6. The maximum atomic E-state index is 14.2. The Hall–Kier alpha value is -1.76. The van der Waals surface area contributed by atoms with Gasteiger partial charge in [0.15, 0.2) is 0 Å². The van der Waals surface area contributed by atoms with Crippen LogP contribution in [-0.2, 0) is 6.54 Å². The lowest BCUT2D eigenvalue weighted by atomic mass is 10.2. The zero-order valence-corrected chi connectivity index (χ0v) is 16.3. The van der Waals surface area contributed by atoms with Gasteiger partial charge in [0.25, 0.3) is 0 Å². The molecule has 4 rings (SSSR count). The third-order valence-corrected chi connectivity index (χ3v) is 5.46. The van der Waals surface area contributed by atoms with E-state index in [1.54, 1.807) is 12.3 Å². The number of benzene rings is 2. The fourth-order valence-corrected chi connectivity index (χ4v) is 3.75. The molecule has 2 heterocycles. The van der Waals surface area contributed by atoms with Gasteiger partial charge in [-0.2, -0.15) is 0 Å². The first-order valence-corrected chi connectivity index (χ1v) is 9.60. The third kappa shape index (κ3) is 3.68. The van der Waals surface area contributed by atoms with E-state index in [-0.39, 0.29) is 5.82 Å². The second-order valence-corrected chi connectivity index (χ2v) is 7.63. The fraction of sp³-hybridized carbons (Fsp3) is 0.263. The summed E-state index contributed by atoms with van der Waals surface area (Å²) in [7, 11) is 0. The molecule has 0 unspecified atom stereocenters. The van der Waals surface area contributed by atoms with E-state index >= 15 is 0 Å². The Labute approximate surface area is 164 Å². The number of piperazine rings is 1. The van der Waals surface area contributed by atoms with Gasteiger partial charge >= 0.3 is 0 Å². The Morgan fingerprint density at radius 2 is 1.88 bits per heavy atom. The van der Waals surface area contributed by atoms with Gasteiger partial charge in [-0.25, -0.2) is 9.37 Å². The molecule has 134 valence electrons. The maximum Gasteiger partial charge on any atom is 0.147 e. The lowest BCUT2D eigenvalue weighted by Crippen LogP contribution is -2.46. The molecule has 0 aliphatic carbocycles. The molecule has 0 amide bonds. The second kappa shape index (κ2) is 7.47. The third-order valence-electron chi connectivity index (χ3n) is 4.61. The van der Waals surface area contributed by atoms with Gasteiger partial charge in [0.05, 0.1) is 21.7 Å². The van der Waals surface area contributed by atoms with Gasteiger partial charge in [-0.3, -0.25) is 9.88 Å². The van der Waals surface area contributed by atoms with Crippen LogP contribution < -0.4 is 4.90 Å². The summed E-state index contributed by atoms with van der Waals surface area (Å²) in [5.41, 5.74) is 2.35. The molecule has 4 nitrogen and oxygen atoms in total. The standard InChI is InChI=1S/C19H17BrClFN4/c20-15-3-1-2-13(19(15)22)12-25-6-8-26(9-7-25)18-11-23-17-10-14(21)4-5-16(17)24-18/h1-5,10-11H,6-9,12H2. The lowest BCUT2D eigenvalue weighted by Gasteiger charge is -2.35. The van der Waals surface area contributed by atoms with Crippen molar-refractivity contribution in [3.05, 3.63) is 63.5 Å². The predicted octanol–water partition coefficient (Wildman–Crippen LogP) is 4.51. The lowest BCUT2D eigenvalue weighted by molar-refractivity contribution is 0.246. The van der Waals surface area contributed by atoms with Gasteiger partial charge in [0.2, 0.25) is 0 Å². The normalized spacial score (nSPS) is 15.6. The molecule has 0 radical (unpaired) electrons. The summed E-state index contributed by atoms with van der Waals surface area (Å²) in [6.45, 7) is 3.99. The summed E-state index contributed by atoms with van der Waals surface area (Å²) in [6, 6.07) is 11.0. The average Bonchev–Trinajstić information content (AvgIpc) is 2.66. The Morgan fingerprint density at radius 1 is 1.08 bits per heavy atom. The van der Waals surface area contributed by atoms with Crippen molar-refractivity contribution in [2.75, 3.05) is 31.1 Å². The van der Waals surface area contributed by atoms with Crippen molar-refractivity contribution in [1.29, 1.82) is 0 Å². The molecule has 26 heavy (non-hydrogen) atoms. The Balaban J connectivity index is 1.43. The van der Waals surface area contributed by atoms with E-state index < -0.39 is 0 Å². The van der Waals surface area contributed by atoms with E-state index in [9.17, 15) is 4.39 Å². The van der Waals surface area contributed by atoms with Crippen LogP contribution >= 0.6 is 27.5 Å². The molecule has 7 heteroatoms. The van der Waals surface area contributed by atoms with Gasteiger partial charge in [0.1, 0.15) is 11.6 Å². The van der Waals surface area contributed by atoms with Crippen LogP contribution in [0.1, 0.15) is 5.56 Å². The molecule has 2 aromatic carbocycles. The Bertz CT molecular complexity index is 944. The molecule has 1 aliphatic rings. The van der Waals surface area contributed by atoms with Crippen LogP contribution in [0.2, 0.25) is 5.02 Å². The zero-order valence-electron chi connectivity index (χ0n) is 14.0. The number of rotatable bonds is 3. The SMILES string of the molecule is Fc1c(Br)cccc1CN1CCN(c2cnc3cc(Cl)ccc3n2)CC1. The molecule has 1 saturated heterocycles. The first-order valence-electron chi connectivity index (χ1n) is 8.42. The van der Waals surface area contributed by atoms with Crippen molar-refractivity contribution in [3.8, 4) is 0 Å². The van der Waals surface area contributed by atoms with Crippen LogP contribution in [0.4, 0.5) is 10.2 Å². The van der Waals surface area contributed by atoms with Gasteiger partial charge in [-0.1, -0.05) is 23.7 Å². The summed E-state index contributed by atoms with van der Waals surface area (Å²) in [5, 5.41) is 0.660. The molecule has 1 aromatic heterocycles. The molecule has 0 bridgehead atoms. The van der Waals surface area contributed by atoms with Crippen LogP contribution in [0.3, 0.4) is 0 Å². The predicted molar refractivity (Wildman–Crippen MR) is 106 cm³/mol. The second-order valence-electron chi connectivity index (χ2n) is 6.34. The largest absolute Gasteiger partial charge is 0.353 e. The van der Waals surface area contributed by atoms with Crippen LogP contribution in [0.25, 0.3) is 11.0 Å². The molecule has 0 atom stereocenters. The molecule has 0 spiro atoms. The van der Waals surface area contributed by atoms with E-state index in [1.807, 2.05) is 30.3 Å². The smallest absolute Gasteiger partial charge is 0.147 e. The average molecular weight is 436 g/mol. The van der Waals surface area contributed by atoms with Gasteiger partial charge in [-0.15, -0.1) is 0 Å². The molecule has 0 N–H and O–H groups in total. The van der Waals surface area contributed by atoms with Gasteiger partial charge in [-0.05, 0) is 40.2 Å². The van der Waals surface area contributed by atoms with Crippen molar-refractivity contribution in [3.63, 3.8) is 0 Å². The van der Waals surface area contributed by atoms with Crippen LogP contribution in [0, 0.1) is 5.82 Å². The highest BCUT2D eigenvalue weighted by atomic mass is 79.9. The number of aromatic nitrogens is 2. The summed E-state index contributed by atoms with van der Waals surface area (Å²) in [6.07, 6.45) is 1.79. The maximum absolute atomic E-state index is 14.2. The fourth-order valence-electron chi connectivity index (χ4n) is 3.17. The van der Waals surface area contributed by atoms with Crippen molar-refractivity contribution < 1.29 is 4.39 Å². The molecular formula is C19H17BrClFN4. The minimum atomic E-state index is -0.172. The number of halogens is 3. The first kappa shape index (κ1) is 17.6. The minimum absolute atomic E-state index is 0.172. The topological polar surface area (TPSA) is 32.3 Å². The highest BCUT2D eigenvalue weighted by Gasteiger charge is 2.20. The highest BCUT2D eigenvalue weighted by molar-refractivity contribution is 9.10. The van der Waals surface area contributed by atoms with E-state index in [2.05, 4.69) is 30.7 Å². The Kier molecular flexibility index (Phi) is 5.07. The zero-order chi connectivity index (χ0) is 18.1. The van der Waals surface area contributed by atoms with Crippen LogP contribution in [0.5, 0.6) is 0 Å². The molecule has 0 saturated carbocycles. The monoisotopic (exact) mass is 434 g/mol. The van der Waals surface area contributed by atoms with E-state index in [0.717, 1.165) is 48.6 Å². The van der Waals surface area contributed by atoms with Crippen molar-refractivity contribution in [2.45, 2.75) is 6.54 Å². The number of nitrogens with zero attached hydrogens (tertiary/aromatic N) is 4. The number of hydrogen-bond donors (Lipinski definition) is 0. The van der Waals surface area contributed by atoms with Gasteiger partial charge in [0, 0.05) is 43.3 Å². The summed E-state index contributed by atoms with van der Waals surface area (Å²) in [5.74, 6) is 0.696. The van der Waals surface area contributed by atoms with Crippen molar-refractivity contribution >= 4 is 44.4 Å². The van der Waals surface area contributed by atoms with E-state index in [0.29, 0.717) is 16.0 Å². The van der Waals surface area contributed by atoms with E-state index in [4.69, 9.17) is 16.6 Å².